The molecule has 2 N–H and O–H groups in total. The van der Waals surface area contributed by atoms with Crippen LogP contribution in [0.3, 0.4) is 0 Å². The number of carbonyl (C=O) groups is 2. The minimum atomic E-state index is -0.316. The molecule has 0 heterocycles. The van der Waals surface area contributed by atoms with Crippen molar-refractivity contribution in [3.05, 3.63) is 84.4 Å². The number of rotatable bonds is 7. The summed E-state index contributed by atoms with van der Waals surface area (Å²) in [6.07, 6.45) is 0. The number of nitrogens with one attached hydrogen (secondary N) is 2. The van der Waals surface area contributed by atoms with Crippen molar-refractivity contribution >= 4 is 23.2 Å². The Morgan fingerprint density at radius 3 is 2.39 bits per heavy atom. The van der Waals surface area contributed by atoms with Gasteiger partial charge in [-0.3, -0.25) is 9.59 Å². The summed E-state index contributed by atoms with van der Waals surface area (Å²) < 4.78 is 10.7. The fraction of sp³-hybridized carbons (Fsp3) is 0.0909. The zero-order valence-electron chi connectivity index (χ0n) is 15.3. The molecule has 142 valence electrons. The van der Waals surface area contributed by atoms with Crippen LogP contribution in [0.2, 0.25) is 0 Å². The maximum atomic E-state index is 12.2. The van der Waals surface area contributed by atoms with Crippen molar-refractivity contribution in [1.29, 1.82) is 0 Å². The molecule has 0 saturated carbocycles. The van der Waals surface area contributed by atoms with E-state index in [1.165, 1.54) is 7.11 Å². The maximum absolute atomic E-state index is 12.2. The summed E-state index contributed by atoms with van der Waals surface area (Å²) in [5.74, 6) is 0.511. The number of benzene rings is 3. The van der Waals surface area contributed by atoms with Gasteiger partial charge < -0.3 is 20.1 Å². The van der Waals surface area contributed by atoms with Gasteiger partial charge in [-0.15, -0.1) is 0 Å². The van der Waals surface area contributed by atoms with E-state index in [-0.39, 0.29) is 18.4 Å². The first kappa shape index (κ1) is 19.0. The average Bonchev–Trinajstić information content (AvgIpc) is 2.73. The van der Waals surface area contributed by atoms with Crippen LogP contribution in [0.4, 0.5) is 11.4 Å². The molecule has 0 unspecified atom stereocenters. The van der Waals surface area contributed by atoms with Crippen molar-refractivity contribution in [2.45, 2.75) is 0 Å². The standard InChI is InChI=1S/C22H20N2O4/c1-27-20-13-6-5-12-19(20)24-21(25)15-28-18-11-7-10-17(14-18)23-22(26)16-8-3-2-4-9-16/h2-14H,15H2,1H3,(H,23,26)(H,24,25). The van der Waals surface area contributed by atoms with Gasteiger partial charge in [0.25, 0.3) is 11.8 Å². The molecule has 0 fully saturated rings. The first-order valence-corrected chi connectivity index (χ1v) is 8.68. The second-order valence-electron chi connectivity index (χ2n) is 5.89. The van der Waals surface area contributed by atoms with Crippen molar-refractivity contribution in [2.75, 3.05) is 24.4 Å². The zero-order valence-corrected chi connectivity index (χ0v) is 15.3. The Hall–Kier alpha value is -3.80. The van der Waals surface area contributed by atoms with Gasteiger partial charge in [0.1, 0.15) is 11.5 Å². The number of carbonyl (C=O) groups excluding carboxylic acids is 2. The third-order valence-electron chi connectivity index (χ3n) is 3.88. The normalized spacial score (nSPS) is 10.0. The van der Waals surface area contributed by atoms with Gasteiger partial charge in [-0.25, -0.2) is 0 Å². The quantitative estimate of drug-likeness (QED) is 0.654. The van der Waals surface area contributed by atoms with Gasteiger partial charge in [0.15, 0.2) is 6.61 Å². The molecule has 2 amide bonds. The van der Waals surface area contributed by atoms with E-state index in [1.807, 2.05) is 12.1 Å². The molecule has 0 radical (unpaired) electrons. The minimum Gasteiger partial charge on any atom is -0.495 e. The predicted molar refractivity (Wildman–Crippen MR) is 108 cm³/mol. The van der Waals surface area contributed by atoms with E-state index in [2.05, 4.69) is 10.6 Å². The molecular formula is C22H20N2O4. The van der Waals surface area contributed by atoms with Gasteiger partial charge in [0, 0.05) is 17.3 Å². The van der Waals surface area contributed by atoms with Crippen LogP contribution >= 0.6 is 0 Å². The summed E-state index contributed by atoms with van der Waals surface area (Å²) in [7, 11) is 1.54. The Bertz CT molecular complexity index is 958. The van der Waals surface area contributed by atoms with Crippen LogP contribution in [-0.4, -0.2) is 25.5 Å². The van der Waals surface area contributed by atoms with E-state index in [1.54, 1.807) is 66.7 Å². The third-order valence-corrected chi connectivity index (χ3v) is 3.88. The van der Waals surface area contributed by atoms with E-state index < -0.39 is 0 Å². The number of hydrogen-bond donors (Lipinski definition) is 2. The number of anilines is 2. The highest BCUT2D eigenvalue weighted by Crippen LogP contribution is 2.23. The minimum absolute atomic E-state index is 0.172. The number of methoxy groups -OCH3 is 1. The number of ether oxygens (including phenoxy) is 2. The molecule has 0 aliphatic carbocycles. The second-order valence-corrected chi connectivity index (χ2v) is 5.89. The van der Waals surface area contributed by atoms with Crippen molar-refractivity contribution < 1.29 is 19.1 Å². The molecule has 6 heteroatoms. The van der Waals surface area contributed by atoms with Crippen LogP contribution < -0.4 is 20.1 Å². The van der Waals surface area contributed by atoms with Gasteiger partial charge >= 0.3 is 0 Å². The lowest BCUT2D eigenvalue weighted by Crippen LogP contribution is -2.20. The Kier molecular flexibility index (Phi) is 6.25. The Morgan fingerprint density at radius 1 is 0.857 bits per heavy atom. The number of para-hydroxylation sites is 2. The first-order chi connectivity index (χ1) is 13.7. The van der Waals surface area contributed by atoms with Gasteiger partial charge in [-0.2, -0.15) is 0 Å². The predicted octanol–water partition coefficient (Wildman–Crippen LogP) is 3.97. The molecule has 3 aromatic rings. The highest BCUT2D eigenvalue weighted by Gasteiger charge is 2.09. The number of hydrogen-bond acceptors (Lipinski definition) is 4. The lowest BCUT2D eigenvalue weighted by molar-refractivity contribution is -0.118. The molecule has 6 nitrogen and oxygen atoms in total. The van der Waals surface area contributed by atoms with E-state index >= 15 is 0 Å². The average molecular weight is 376 g/mol. The van der Waals surface area contributed by atoms with Crippen LogP contribution in [-0.2, 0) is 4.79 Å². The SMILES string of the molecule is COc1ccccc1NC(=O)COc1cccc(NC(=O)c2ccccc2)c1. The molecule has 0 aliphatic rings. The van der Waals surface area contributed by atoms with Gasteiger partial charge in [0.05, 0.1) is 12.8 Å². The van der Waals surface area contributed by atoms with Crippen LogP contribution in [0.15, 0.2) is 78.9 Å². The van der Waals surface area contributed by atoms with E-state index in [9.17, 15) is 9.59 Å². The molecule has 3 rings (SSSR count). The molecular weight excluding hydrogens is 356 g/mol. The topological polar surface area (TPSA) is 76.7 Å². The molecule has 0 aromatic heterocycles. The largest absolute Gasteiger partial charge is 0.495 e. The summed E-state index contributed by atoms with van der Waals surface area (Å²) in [6, 6.07) is 22.9. The Labute approximate surface area is 163 Å². The third kappa shape index (κ3) is 5.11. The molecule has 0 atom stereocenters. The molecule has 0 aliphatic heterocycles. The van der Waals surface area contributed by atoms with Crippen molar-refractivity contribution in [1.82, 2.24) is 0 Å². The summed E-state index contributed by atoms with van der Waals surface area (Å²) in [5, 5.41) is 5.55. The molecule has 3 aromatic carbocycles. The fourth-order valence-corrected chi connectivity index (χ4v) is 2.54. The summed E-state index contributed by atoms with van der Waals surface area (Å²) in [4.78, 5) is 24.4. The van der Waals surface area contributed by atoms with Gasteiger partial charge in [-0.05, 0) is 36.4 Å². The molecule has 0 saturated heterocycles. The van der Waals surface area contributed by atoms with Gasteiger partial charge in [0.2, 0.25) is 0 Å². The Morgan fingerprint density at radius 2 is 1.61 bits per heavy atom. The molecule has 28 heavy (non-hydrogen) atoms. The van der Waals surface area contributed by atoms with Gasteiger partial charge in [-0.1, -0.05) is 36.4 Å². The van der Waals surface area contributed by atoms with E-state index in [4.69, 9.17) is 9.47 Å². The summed E-state index contributed by atoms with van der Waals surface area (Å²) in [5.41, 5.74) is 1.71. The first-order valence-electron chi connectivity index (χ1n) is 8.68. The highest BCUT2D eigenvalue weighted by atomic mass is 16.5. The molecule has 0 spiro atoms. The Balaban J connectivity index is 1.57. The van der Waals surface area contributed by atoms with Crippen molar-refractivity contribution in [2.24, 2.45) is 0 Å². The zero-order chi connectivity index (χ0) is 19.8. The van der Waals surface area contributed by atoms with Crippen LogP contribution in [0, 0.1) is 0 Å². The van der Waals surface area contributed by atoms with Crippen LogP contribution in [0.1, 0.15) is 10.4 Å². The van der Waals surface area contributed by atoms with E-state index in [0.717, 1.165) is 0 Å². The fourth-order valence-electron chi connectivity index (χ4n) is 2.54. The van der Waals surface area contributed by atoms with Crippen molar-refractivity contribution in [3.63, 3.8) is 0 Å². The lowest BCUT2D eigenvalue weighted by Gasteiger charge is -2.11. The summed E-state index contributed by atoms with van der Waals surface area (Å²) in [6.45, 7) is -0.172. The smallest absolute Gasteiger partial charge is 0.262 e. The second kappa shape index (κ2) is 9.23. The van der Waals surface area contributed by atoms with Crippen LogP contribution in [0.25, 0.3) is 0 Å². The maximum Gasteiger partial charge on any atom is 0.262 e. The molecule has 0 bridgehead atoms. The van der Waals surface area contributed by atoms with Crippen LogP contribution in [0.5, 0.6) is 11.5 Å². The van der Waals surface area contributed by atoms with E-state index in [0.29, 0.717) is 28.4 Å². The number of amides is 2. The monoisotopic (exact) mass is 376 g/mol. The lowest BCUT2D eigenvalue weighted by atomic mass is 10.2. The van der Waals surface area contributed by atoms with Crippen molar-refractivity contribution in [3.8, 4) is 11.5 Å². The highest BCUT2D eigenvalue weighted by molar-refractivity contribution is 6.04. The summed E-state index contributed by atoms with van der Waals surface area (Å²) >= 11 is 0.